The van der Waals surface area contributed by atoms with Gasteiger partial charge in [0.15, 0.2) is 6.10 Å². The number of primary amides is 1. The summed E-state index contributed by atoms with van der Waals surface area (Å²) in [7, 11) is -0.970. The van der Waals surface area contributed by atoms with E-state index in [9.17, 15) is 83.4 Å². The number of nitrogens with two attached hydrogens (primary N) is 2. The lowest BCUT2D eigenvalue weighted by atomic mass is 9.79. The Balaban J connectivity index is 1.06. The van der Waals surface area contributed by atoms with Crippen LogP contribution in [0.25, 0.3) is 10.9 Å². The molecule has 0 radical (unpaired) electrons. The first-order chi connectivity index (χ1) is 51.5. The summed E-state index contributed by atoms with van der Waals surface area (Å²) in [4.78, 5) is 180. The summed E-state index contributed by atoms with van der Waals surface area (Å²) < 4.78 is 49.8. The number of fused-ring (bicyclic) bond motifs is 9. The Morgan fingerprint density at radius 2 is 1.54 bits per heavy atom. The van der Waals surface area contributed by atoms with Crippen LogP contribution >= 0.6 is 0 Å². The SMILES string of the molecule is CC[C@H](C)[C@H]1NC(=O)CNC(=O)[C@@H]2Cc3c4[nH]c5cc(ccc35)OC1(CCCCCCN(C)C(=O)OCc1ccc(O[C@@H]3O[C@H](C(=O)O)[C@@H](O)C[C@H]3O)c(C(=O)NCCOCCOCCON)c1)C(=O)NCC(=O)N[C@@H](CS4=O)C(=O)N[C@@H](CC(N)=O)C(=O)N1C[C@H](O)C[C@H]1C(=O)N[C@@H]([C@@H](C)[C@@H](O)CO)C(=O)N2. The first-order valence-electron chi connectivity index (χ1n) is 35.5. The first kappa shape index (κ1) is 84.4. The monoisotopic (exact) mass is 1540 g/mol. The van der Waals surface area contributed by atoms with E-state index in [0.717, 1.165) is 4.90 Å². The number of nitrogens with zero attached hydrogens (tertiary/aromatic N) is 2. The highest BCUT2D eigenvalue weighted by Crippen LogP contribution is 2.37. The molecule has 0 aliphatic carbocycles. The Bertz CT molecular complexity index is 3780. The molecule has 2 unspecified atom stereocenters. The third kappa shape index (κ3) is 21.8. The minimum absolute atomic E-state index is 0.000684. The van der Waals surface area contributed by atoms with Crippen LogP contribution < -0.4 is 63.6 Å². The van der Waals surface area contributed by atoms with Crippen LogP contribution in [0.2, 0.25) is 0 Å². The van der Waals surface area contributed by atoms with Crippen molar-refractivity contribution < 1.29 is 126 Å². The van der Waals surface area contributed by atoms with Gasteiger partial charge in [-0.3, -0.25) is 52.2 Å². The molecule has 1 aromatic heterocycles. The molecule has 3 aromatic rings. The maximum atomic E-state index is 15.6. The molecule has 8 bridgehead atoms. The summed E-state index contributed by atoms with van der Waals surface area (Å²) in [6, 6.07) is -1.75. The lowest BCUT2D eigenvalue weighted by Gasteiger charge is -2.42. The van der Waals surface area contributed by atoms with Crippen molar-refractivity contribution in [1.82, 2.24) is 57.3 Å². The molecule has 40 heteroatoms. The van der Waals surface area contributed by atoms with Crippen LogP contribution in [-0.4, -0.2) is 285 Å². The van der Waals surface area contributed by atoms with E-state index in [0.29, 0.717) is 24.8 Å². The van der Waals surface area contributed by atoms with Gasteiger partial charge in [-0.2, -0.15) is 0 Å². The van der Waals surface area contributed by atoms with Gasteiger partial charge in [-0.25, -0.2) is 15.5 Å². The average Bonchev–Trinajstić information content (AvgIpc) is 1.49. The van der Waals surface area contributed by atoms with Crippen molar-refractivity contribution >= 4 is 92.8 Å². The number of carbonyl (C=O) groups excluding carboxylic acids is 11. The Hall–Kier alpha value is -9.23. The lowest BCUT2D eigenvalue weighted by molar-refractivity contribution is -0.237. The molecule has 2 fully saturated rings. The minimum Gasteiger partial charge on any atom is -0.479 e. The number of carboxylic acids is 1. The van der Waals surface area contributed by atoms with Crippen LogP contribution in [0.5, 0.6) is 11.5 Å². The number of rotatable bonds is 29. The number of carbonyl (C=O) groups is 12. The van der Waals surface area contributed by atoms with Crippen molar-refractivity contribution in [3.63, 3.8) is 0 Å². The number of hydrogen-bond acceptors (Lipinski definition) is 26. The van der Waals surface area contributed by atoms with Crippen molar-refractivity contribution in [3.05, 3.63) is 53.1 Å². The van der Waals surface area contributed by atoms with Crippen LogP contribution in [-0.2, 0) is 95.6 Å². The molecule has 11 amide bonds. The predicted octanol–water partition coefficient (Wildman–Crippen LogP) is -5.32. The van der Waals surface area contributed by atoms with Crippen molar-refractivity contribution in [2.24, 2.45) is 23.5 Å². The molecule has 16 atom stereocenters. The Labute approximate surface area is 621 Å². The number of aliphatic hydroxyl groups excluding tert-OH is 5. The number of aromatic nitrogens is 1. The summed E-state index contributed by atoms with van der Waals surface area (Å²) in [5.41, 5.74) is 3.84. The van der Waals surface area contributed by atoms with E-state index < -0.39 is 230 Å². The van der Waals surface area contributed by atoms with Gasteiger partial charge in [0.05, 0.1) is 111 Å². The van der Waals surface area contributed by atoms with E-state index in [2.05, 4.69) is 52.4 Å². The molecule has 6 aliphatic rings. The number of aliphatic carboxylic acids is 1. The maximum Gasteiger partial charge on any atom is 0.409 e. The lowest BCUT2D eigenvalue weighted by Crippen LogP contribution is -2.67. The van der Waals surface area contributed by atoms with Crippen molar-refractivity contribution in [2.75, 3.05) is 85.2 Å². The highest BCUT2D eigenvalue weighted by atomic mass is 32.2. The molecule has 2 aromatic carbocycles. The number of ether oxygens (including phenoxy) is 6. The number of aromatic amines is 1. The zero-order valence-electron chi connectivity index (χ0n) is 60.1. The maximum absolute atomic E-state index is 15.6. The van der Waals surface area contributed by atoms with Gasteiger partial charge in [0.1, 0.15) is 59.4 Å². The van der Waals surface area contributed by atoms with Crippen molar-refractivity contribution in [3.8, 4) is 11.5 Å². The summed E-state index contributed by atoms with van der Waals surface area (Å²) in [6.45, 7) is 2.21. The number of benzene rings is 2. The summed E-state index contributed by atoms with van der Waals surface area (Å²) in [5, 5.41) is 83.4. The molecule has 19 N–H and O–H groups in total. The van der Waals surface area contributed by atoms with E-state index in [4.69, 9.17) is 40.1 Å². The van der Waals surface area contributed by atoms with Crippen LogP contribution in [0.15, 0.2) is 41.4 Å². The fourth-order valence-corrected chi connectivity index (χ4v) is 14.6. The van der Waals surface area contributed by atoms with E-state index in [-0.39, 0.29) is 111 Å². The van der Waals surface area contributed by atoms with Crippen LogP contribution in [0.3, 0.4) is 0 Å². The number of hydrogen-bond donors (Lipinski definition) is 17. The first-order valence-corrected chi connectivity index (χ1v) is 36.8. The zero-order chi connectivity index (χ0) is 78.7. The largest absolute Gasteiger partial charge is 0.479 e. The molecule has 2 saturated heterocycles. The van der Waals surface area contributed by atoms with E-state index in [1.165, 1.54) is 55.3 Å². The normalized spacial score (nSPS) is 26.8. The molecular formula is C68H97N13O26S. The Morgan fingerprint density at radius 1 is 0.824 bits per heavy atom. The molecule has 0 spiro atoms. The summed E-state index contributed by atoms with van der Waals surface area (Å²) >= 11 is 0. The molecule has 9 rings (SSSR count). The third-order valence-corrected chi connectivity index (χ3v) is 20.8. The van der Waals surface area contributed by atoms with Crippen molar-refractivity contribution in [1.29, 1.82) is 0 Å². The number of H-pyrrole nitrogens is 1. The summed E-state index contributed by atoms with van der Waals surface area (Å²) in [6.07, 6.45) is -11.3. The molecule has 108 heavy (non-hydrogen) atoms. The average molecular weight is 1540 g/mol. The topological polar surface area (TPSA) is 578 Å². The van der Waals surface area contributed by atoms with Gasteiger partial charge in [0.2, 0.25) is 59.1 Å². The molecule has 39 nitrogen and oxygen atoms in total. The minimum atomic E-state index is -2.45. The third-order valence-electron chi connectivity index (χ3n) is 19.3. The van der Waals surface area contributed by atoms with Crippen LogP contribution in [0.1, 0.15) is 100 Å². The van der Waals surface area contributed by atoms with Crippen LogP contribution in [0, 0.1) is 11.8 Å². The van der Waals surface area contributed by atoms with Gasteiger partial charge >= 0.3 is 12.1 Å². The van der Waals surface area contributed by atoms with Gasteiger partial charge in [0, 0.05) is 63.3 Å². The van der Waals surface area contributed by atoms with Gasteiger partial charge < -0.3 is 127 Å². The van der Waals surface area contributed by atoms with Gasteiger partial charge in [0.25, 0.3) is 11.8 Å². The predicted molar refractivity (Wildman–Crippen MR) is 374 cm³/mol. The smallest absolute Gasteiger partial charge is 0.409 e. The van der Waals surface area contributed by atoms with Gasteiger partial charge in [-0.1, -0.05) is 46.1 Å². The highest BCUT2D eigenvalue weighted by Gasteiger charge is 2.52. The summed E-state index contributed by atoms with van der Waals surface area (Å²) in [5.74, 6) is -9.83. The fourth-order valence-electron chi connectivity index (χ4n) is 13.2. The number of unbranched alkanes of at least 4 members (excludes halogenated alkanes) is 3. The molecular weight excluding hydrogens is 1450 g/mol. The second kappa shape index (κ2) is 39.2. The standard InChI is InChI=1S/C68H97N13O26S/c1-5-34(2)56-68(14-8-6-7-9-16-80(4)67(99)103-32-36-10-13-50(105-65-48(85)27-47(84)55(106-65)64(96)97)41(22-36)57(90)71-15-17-101-18-19-102-20-21-104-70)66(98)73-29-52(88)74-45-33-108(100)62-40(39-12-11-38(107-68)24-42(39)77-62)25-43(58(91)72-28-53(89)78-56)75-61(94)54(35(3)49(86)31-82)79-60(93)46-23-37(83)30-81(46)63(95)44(26-51(69)87)76-59(45)92/h10-13,22,24,34-35,37,43-49,54-56,65,77,82-86H,5-9,14-21,23,25-33,70H2,1-4H3,(H2,69,87)(H,71,90)(H,72,91)(H,73,98)(H,74,88)(H,75,94)(H,76,92)(H,78,89)(H,79,93)(H,96,97)/t34-,35-,37+,43-,44-,45-,46-,47-,48+,49-,54-,55-,56+,65+,68?,108?/m0/s1. The molecule has 7 heterocycles. The van der Waals surface area contributed by atoms with E-state index in [1.807, 2.05) is 0 Å². The van der Waals surface area contributed by atoms with E-state index >= 15 is 9.00 Å². The van der Waals surface area contributed by atoms with Crippen molar-refractivity contribution in [2.45, 2.75) is 175 Å². The Kier molecular flexibility index (Phi) is 30.7. The number of amides is 11. The van der Waals surface area contributed by atoms with Gasteiger partial charge in [-0.05, 0) is 60.6 Å². The van der Waals surface area contributed by atoms with E-state index in [1.54, 1.807) is 13.8 Å². The molecule has 596 valence electrons. The zero-order valence-corrected chi connectivity index (χ0v) is 60.9. The number of carboxylic acid groups (broad SMARTS) is 1. The van der Waals surface area contributed by atoms with Gasteiger partial charge in [-0.15, -0.1) is 0 Å². The molecule has 6 aliphatic heterocycles. The Morgan fingerprint density at radius 3 is 2.25 bits per heavy atom. The quantitative estimate of drug-likeness (QED) is 0.0228. The molecule has 0 saturated carbocycles. The van der Waals surface area contributed by atoms with Crippen LogP contribution in [0.4, 0.5) is 4.79 Å². The fraction of sp³-hybridized carbons (Fsp3) is 0.618. The number of nitrogens with one attached hydrogen (secondary N) is 9. The second-order valence-electron chi connectivity index (χ2n) is 27.2. The highest BCUT2D eigenvalue weighted by molar-refractivity contribution is 7.85. The number of aliphatic hydroxyl groups is 5. The second-order valence-corrected chi connectivity index (χ2v) is 28.6.